The minimum atomic E-state index is -0.921. The lowest BCUT2D eigenvalue weighted by Crippen LogP contribution is -2.01. The van der Waals surface area contributed by atoms with Gasteiger partial charge in [0.1, 0.15) is 5.75 Å². The van der Waals surface area contributed by atoms with E-state index in [-0.39, 0.29) is 11.8 Å². The highest BCUT2D eigenvalue weighted by atomic mass is 35.5. The number of hydrogen-bond acceptors (Lipinski definition) is 3. The maximum absolute atomic E-state index is 13.7. The van der Waals surface area contributed by atoms with Crippen molar-refractivity contribution in [2.24, 2.45) is 0 Å². The molecule has 0 unspecified atom stereocenters. The van der Waals surface area contributed by atoms with Gasteiger partial charge in [0.15, 0.2) is 17.5 Å². The van der Waals surface area contributed by atoms with Crippen molar-refractivity contribution in [3.8, 4) is 11.6 Å². The molecule has 0 saturated heterocycles. The molecular formula is C15H15ClF2N2O. The van der Waals surface area contributed by atoms with E-state index in [2.05, 4.69) is 4.98 Å². The van der Waals surface area contributed by atoms with E-state index >= 15 is 0 Å². The predicted octanol–water partition coefficient (Wildman–Crippen LogP) is 4.82. The SMILES string of the molecule is Cc1cc(Cl)c(C(C)C)cc1Oc1nc(N)c(F)cc1F. The molecule has 2 rings (SSSR count). The highest BCUT2D eigenvalue weighted by molar-refractivity contribution is 6.31. The molecule has 1 aromatic heterocycles. The quantitative estimate of drug-likeness (QED) is 0.884. The van der Waals surface area contributed by atoms with Crippen molar-refractivity contribution in [1.29, 1.82) is 0 Å². The molecule has 6 heteroatoms. The molecule has 0 spiro atoms. The summed E-state index contributed by atoms with van der Waals surface area (Å²) in [5.74, 6) is -2.04. The largest absolute Gasteiger partial charge is 0.436 e. The van der Waals surface area contributed by atoms with Gasteiger partial charge in [-0.05, 0) is 36.1 Å². The molecule has 0 aliphatic carbocycles. The molecule has 0 radical (unpaired) electrons. The summed E-state index contributed by atoms with van der Waals surface area (Å²) in [5.41, 5.74) is 6.91. The van der Waals surface area contributed by atoms with Crippen LogP contribution in [0, 0.1) is 18.6 Å². The molecule has 2 N–H and O–H groups in total. The summed E-state index contributed by atoms with van der Waals surface area (Å²) in [6, 6.07) is 4.10. The molecule has 0 aliphatic heterocycles. The molecule has 0 atom stereocenters. The molecule has 0 fully saturated rings. The molecule has 3 nitrogen and oxygen atoms in total. The maximum Gasteiger partial charge on any atom is 0.258 e. The molecule has 0 saturated carbocycles. The van der Waals surface area contributed by atoms with Gasteiger partial charge in [-0.15, -0.1) is 0 Å². The molecule has 0 bridgehead atoms. The van der Waals surface area contributed by atoms with E-state index in [1.807, 2.05) is 13.8 Å². The summed E-state index contributed by atoms with van der Waals surface area (Å²) in [4.78, 5) is 3.58. The number of aryl methyl sites for hydroxylation is 1. The third-order valence-corrected chi connectivity index (χ3v) is 3.37. The van der Waals surface area contributed by atoms with Crippen LogP contribution >= 0.6 is 11.6 Å². The fraction of sp³-hybridized carbons (Fsp3) is 0.267. The zero-order valence-corrected chi connectivity index (χ0v) is 12.6. The first-order valence-electron chi connectivity index (χ1n) is 6.39. The van der Waals surface area contributed by atoms with Crippen molar-refractivity contribution in [2.45, 2.75) is 26.7 Å². The molecule has 21 heavy (non-hydrogen) atoms. The van der Waals surface area contributed by atoms with Gasteiger partial charge in [-0.1, -0.05) is 25.4 Å². The van der Waals surface area contributed by atoms with Crippen molar-refractivity contribution >= 4 is 17.4 Å². The Balaban J connectivity index is 2.44. The van der Waals surface area contributed by atoms with Crippen molar-refractivity contribution in [1.82, 2.24) is 4.98 Å². The second-order valence-corrected chi connectivity index (χ2v) is 5.45. The Morgan fingerprint density at radius 1 is 1.19 bits per heavy atom. The van der Waals surface area contributed by atoms with Crippen LogP contribution in [-0.2, 0) is 0 Å². The van der Waals surface area contributed by atoms with Crippen LogP contribution in [0.4, 0.5) is 14.6 Å². The summed E-state index contributed by atoms with van der Waals surface area (Å²) in [5, 5.41) is 0.613. The molecule has 112 valence electrons. The lowest BCUT2D eigenvalue weighted by Gasteiger charge is -2.14. The number of nitrogens with two attached hydrogens (primary N) is 1. The number of nitrogens with zero attached hydrogens (tertiary/aromatic N) is 1. The average molecular weight is 313 g/mol. The summed E-state index contributed by atoms with van der Waals surface area (Å²) in [7, 11) is 0. The van der Waals surface area contributed by atoms with E-state index in [0.29, 0.717) is 22.4 Å². The number of aromatic nitrogens is 1. The highest BCUT2D eigenvalue weighted by Gasteiger charge is 2.15. The summed E-state index contributed by atoms with van der Waals surface area (Å²) in [6.45, 7) is 5.74. The molecule has 0 amide bonds. The average Bonchev–Trinajstić information content (AvgIpc) is 2.38. The van der Waals surface area contributed by atoms with Crippen molar-refractivity contribution < 1.29 is 13.5 Å². The Kier molecular flexibility index (Phi) is 4.32. The molecule has 1 aromatic carbocycles. The Morgan fingerprint density at radius 3 is 2.48 bits per heavy atom. The number of hydrogen-bond donors (Lipinski definition) is 1. The lowest BCUT2D eigenvalue weighted by molar-refractivity contribution is 0.415. The van der Waals surface area contributed by atoms with Crippen molar-refractivity contribution in [3.05, 3.63) is 46.0 Å². The first-order chi connectivity index (χ1) is 9.79. The van der Waals surface area contributed by atoms with Crippen LogP contribution in [0.5, 0.6) is 11.6 Å². The van der Waals surface area contributed by atoms with Gasteiger partial charge in [0, 0.05) is 11.1 Å². The third kappa shape index (κ3) is 3.24. The first kappa shape index (κ1) is 15.5. The van der Waals surface area contributed by atoms with Gasteiger partial charge in [-0.2, -0.15) is 4.98 Å². The van der Waals surface area contributed by atoms with Crippen LogP contribution in [-0.4, -0.2) is 4.98 Å². The van der Waals surface area contributed by atoms with E-state index < -0.39 is 17.5 Å². The monoisotopic (exact) mass is 312 g/mol. The smallest absolute Gasteiger partial charge is 0.258 e. The number of pyridine rings is 1. The van der Waals surface area contributed by atoms with Gasteiger partial charge in [-0.25, -0.2) is 8.78 Å². The summed E-state index contributed by atoms with van der Waals surface area (Å²) >= 11 is 6.16. The standard InChI is InChI=1S/C15H15ClF2N2O/c1-7(2)9-5-13(8(3)4-10(9)16)21-15-12(18)6-11(17)14(19)20-15/h4-7H,1-3H3,(H2,19,20). The second kappa shape index (κ2) is 5.85. The van der Waals surface area contributed by atoms with Crippen LogP contribution in [0.3, 0.4) is 0 Å². The summed E-state index contributed by atoms with van der Waals surface area (Å²) in [6.07, 6.45) is 0. The second-order valence-electron chi connectivity index (χ2n) is 5.04. The van der Waals surface area contributed by atoms with E-state index in [1.165, 1.54) is 0 Å². The zero-order valence-electron chi connectivity index (χ0n) is 11.9. The van der Waals surface area contributed by atoms with Gasteiger partial charge in [-0.3, -0.25) is 0 Å². The number of ether oxygens (including phenoxy) is 1. The predicted molar refractivity (Wildman–Crippen MR) is 78.9 cm³/mol. The number of halogens is 3. The van der Waals surface area contributed by atoms with Crippen molar-refractivity contribution in [2.75, 3.05) is 5.73 Å². The van der Waals surface area contributed by atoms with Crippen LogP contribution in [0.1, 0.15) is 30.9 Å². The lowest BCUT2D eigenvalue weighted by atomic mass is 10.0. The van der Waals surface area contributed by atoms with E-state index in [4.69, 9.17) is 22.1 Å². The van der Waals surface area contributed by atoms with Crippen LogP contribution in [0.25, 0.3) is 0 Å². The van der Waals surface area contributed by atoms with E-state index in [9.17, 15) is 8.78 Å². The topological polar surface area (TPSA) is 48.1 Å². The maximum atomic E-state index is 13.7. The minimum Gasteiger partial charge on any atom is -0.436 e. The number of nitrogen functional groups attached to an aromatic ring is 1. The Hall–Kier alpha value is -1.88. The third-order valence-electron chi connectivity index (χ3n) is 3.05. The number of benzene rings is 1. The van der Waals surface area contributed by atoms with Gasteiger partial charge in [0.2, 0.25) is 0 Å². The fourth-order valence-electron chi connectivity index (χ4n) is 1.86. The minimum absolute atomic E-state index is 0.177. The van der Waals surface area contributed by atoms with Gasteiger partial charge in [0.05, 0.1) is 0 Å². The highest BCUT2D eigenvalue weighted by Crippen LogP contribution is 2.34. The molecular weight excluding hydrogens is 298 g/mol. The number of anilines is 1. The summed E-state index contributed by atoms with van der Waals surface area (Å²) < 4.78 is 32.2. The van der Waals surface area contributed by atoms with Crippen LogP contribution in [0.2, 0.25) is 5.02 Å². The molecule has 0 aliphatic rings. The van der Waals surface area contributed by atoms with Crippen LogP contribution in [0.15, 0.2) is 18.2 Å². The van der Waals surface area contributed by atoms with Crippen LogP contribution < -0.4 is 10.5 Å². The van der Waals surface area contributed by atoms with E-state index in [1.54, 1.807) is 19.1 Å². The zero-order chi connectivity index (χ0) is 15.7. The number of rotatable bonds is 3. The fourth-order valence-corrected chi connectivity index (χ4v) is 2.30. The molecule has 2 aromatic rings. The van der Waals surface area contributed by atoms with E-state index in [0.717, 1.165) is 5.56 Å². The first-order valence-corrected chi connectivity index (χ1v) is 6.76. The Bertz CT molecular complexity index is 690. The Labute approximate surface area is 126 Å². The van der Waals surface area contributed by atoms with Gasteiger partial charge in [0.25, 0.3) is 5.88 Å². The molecule has 1 heterocycles. The van der Waals surface area contributed by atoms with Gasteiger partial charge >= 0.3 is 0 Å². The van der Waals surface area contributed by atoms with Crippen molar-refractivity contribution in [3.63, 3.8) is 0 Å². The Morgan fingerprint density at radius 2 is 1.86 bits per heavy atom. The normalized spacial score (nSPS) is 11.0. The van der Waals surface area contributed by atoms with Gasteiger partial charge < -0.3 is 10.5 Å².